The number of hydrogen-bond acceptors (Lipinski definition) is 6. The molecule has 2 aromatic rings. The van der Waals surface area contributed by atoms with Gasteiger partial charge in [0.1, 0.15) is 0 Å². The van der Waals surface area contributed by atoms with Crippen LogP contribution in [0.5, 0.6) is 0 Å². The van der Waals surface area contributed by atoms with Gasteiger partial charge in [-0.3, -0.25) is 4.79 Å². The van der Waals surface area contributed by atoms with Crippen LogP contribution in [0.1, 0.15) is 36.3 Å². The Hall–Kier alpha value is -1.76. The van der Waals surface area contributed by atoms with Crippen molar-refractivity contribution in [3.63, 3.8) is 0 Å². The van der Waals surface area contributed by atoms with Crippen LogP contribution in [-0.2, 0) is 24.2 Å². The molecule has 2 heterocycles. The van der Waals surface area contributed by atoms with Gasteiger partial charge in [-0.05, 0) is 13.8 Å². The van der Waals surface area contributed by atoms with E-state index in [1.807, 2.05) is 26.2 Å². The van der Waals surface area contributed by atoms with Crippen LogP contribution in [0, 0.1) is 6.92 Å². The highest BCUT2D eigenvalue weighted by Crippen LogP contribution is 2.11. The Labute approximate surface area is 121 Å². The van der Waals surface area contributed by atoms with Gasteiger partial charge in [-0.15, -0.1) is 21.5 Å². The molecule has 0 saturated carbocycles. The van der Waals surface area contributed by atoms with Gasteiger partial charge in [0.05, 0.1) is 23.7 Å². The minimum absolute atomic E-state index is 0.0223. The summed E-state index contributed by atoms with van der Waals surface area (Å²) < 4.78 is 5.44. The minimum Gasteiger partial charge on any atom is -0.423 e. The van der Waals surface area contributed by atoms with E-state index in [0.29, 0.717) is 37.7 Å². The topological polar surface area (TPSA) is 72.1 Å². The molecule has 108 valence electrons. The van der Waals surface area contributed by atoms with E-state index in [2.05, 4.69) is 15.2 Å². The summed E-state index contributed by atoms with van der Waals surface area (Å²) >= 11 is 1.55. The van der Waals surface area contributed by atoms with Crippen molar-refractivity contribution >= 4 is 17.2 Å². The van der Waals surface area contributed by atoms with E-state index < -0.39 is 0 Å². The molecule has 7 heteroatoms. The van der Waals surface area contributed by atoms with Gasteiger partial charge in [-0.2, -0.15) is 0 Å². The summed E-state index contributed by atoms with van der Waals surface area (Å²) in [5.74, 6) is 1.10. The number of likely N-dealkylation sites (N-methyl/N-ethyl adjacent to an activating group) is 1. The zero-order chi connectivity index (χ0) is 14.5. The van der Waals surface area contributed by atoms with Crippen LogP contribution < -0.4 is 0 Å². The van der Waals surface area contributed by atoms with Gasteiger partial charge in [0.2, 0.25) is 17.7 Å². The summed E-state index contributed by atoms with van der Waals surface area (Å²) in [5.41, 5.74) is 0.815. The Morgan fingerprint density at radius 2 is 2.10 bits per heavy atom. The number of aryl methyl sites for hydroxylation is 2. The Morgan fingerprint density at radius 3 is 2.65 bits per heavy atom. The van der Waals surface area contributed by atoms with Crippen molar-refractivity contribution in [1.82, 2.24) is 20.1 Å². The number of amides is 1. The van der Waals surface area contributed by atoms with Crippen molar-refractivity contribution < 1.29 is 9.21 Å². The molecule has 0 N–H and O–H groups in total. The molecular formula is C13H18N4O2S. The Bertz CT molecular complexity index is 578. The minimum atomic E-state index is 0.0223. The first-order chi connectivity index (χ1) is 9.62. The highest BCUT2D eigenvalue weighted by Gasteiger charge is 2.17. The second kappa shape index (κ2) is 6.60. The number of rotatable bonds is 6. The van der Waals surface area contributed by atoms with E-state index in [-0.39, 0.29) is 5.91 Å². The smallest absolute Gasteiger partial charge is 0.235 e. The summed E-state index contributed by atoms with van der Waals surface area (Å²) in [6, 6.07) is 0. The molecule has 0 saturated heterocycles. The van der Waals surface area contributed by atoms with Gasteiger partial charge in [0, 0.05) is 18.3 Å². The second-order valence-electron chi connectivity index (χ2n) is 4.39. The lowest BCUT2D eigenvalue weighted by molar-refractivity contribution is -0.131. The number of carbonyl (C=O) groups is 1. The molecule has 0 unspecified atom stereocenters. The van der Waals surface area contributed by atoms with Gasteiger partial charge in [0.15, 0.2) is 0 Å². The van der Waals surface area contributed by atoms with Crippen LogP contribution in [0.3, 0.4) is 0 Å². The lowest BCUT2D eigenvalue weighted by Crippen LogP contribution is -2.31. The quantitative estimate of drug-likeness (QED) is 0.814. The molecule has 0 spiro atoms. The van der Waals surface area contributed by atoms with Crippen molar-refractivity contribution in [1.29, 1.82) is 0 Å². The molecule has 6 nitrogen and oxygen atoms in total. The predicted molar refractivity (Wildman–Crippen MR) is 75.3 cm³/mol. The molecular weight excluding hydrogens is 276 g/mol. The van der Waals surface area contributed by atoms with Gasteiger partial charge in [-0.1, -0.05) is 6.92 Å². The van der Waals surface area contributed by atoms with E-state index in [1.54, 1.807) is 16.2 Å². The third kappa shape index (κ3) is 3.63. The standard InChI is InChI=1S/C13H18N4O2S/c1-4-11-15-16-12(19-11)7-17(5-2)13(18)6-10-8-20-9(3)14-10/h8H,4-7H2,1-3H3. The van der Waals surface area contributed by atoms with Crippen molar-refractivity contribution in [3.8, 4) is 0 Å². The molecule has 2 rings (SSSR count). The van der Waals surface area contributed by atoms with Gasteiger partial charge in [0.25, 0.3) is 0 Å². The van der Waals surface area contributed by atoms with Crippen LogP contribution in [0.25, 0.3) is 0 Å². The molecule has 0 aliphatic heterocycles. The maximum absolute atomic E-state index is 12.2. The summed E-state index contributed by atoms with van der Waals surface area (Å²) in [4.78, 5) is 18.2. The average Bonchev–Trinajstić information content (AvgIpc) is 3.04. The molecule has 20 heavy (non-hydrogen) atoms. The predicted octanol–water partition coefficient (Wildman–Crippen LogP) is 1.99. The fourth-order valence-electron chi connectivity index (χ4n) is 1.79. The van der Waals surface area contributed by atoms with Crippen LogP contribution in [0.15, 0.2) is 9.80 Å². The normalized spacial score (nSPS) is 10.8. The maximum atomic E-state index is 12.2. The van der Waals surface area contributed by atoms with Crippen LogP contribution in [0.4, 0.5) is 0 Å². The molecule has 0 fully saturated rings. The molecule has 0 bridgehead atoms. The molecule has 2 aromatic heterocycles. The summed E-state index contributed by atoms with van der Waals surface area (Å²) in [6.45, 7) is 6.77. The molecule has 0 aliphatic carbocycles. The summed E-state index contributed by atoms with van der Waals surface area (Å²) in [6.07, 6.45) is 1.01. The fraction of sp³-hybridized carbons (Fsp3) is 0.538. The van der Waals surface area contributed by atoms with Crippen LogP contribution >= 0.6 is 11.3 Å². The largest absolute Gasteiger partial charge is 0.423 e. The lowest BCUT2D eigenvalue weighted by Gasteiger charge is -2.18. The lowest BCUT2D eigenvalue weighted by atomic mass is 10.3. The summed E-state index contributed by atoms with van der Waals surface area (Å²) in [7, 11) is 0. The highest BCUT2D eigenvalue weighted by molar-refractivity contribution is 7.09. The van der Waals surface area contributed by atoms with Crippen molar-refractivity contribution in [2.24, 2.45) is 0 Å². The van der Waals surface area contributed by atoms with E-state index in [4.69, 9.17) is 4.42 Å². The number of aromatic nitrogens is 3. The second-order valence-corrected chi connectivity index (χ2v) is 5.45. The number of carbonyl (C=O) groups excluding carboxylic acids is 1. The van der Waals surface area contributed by atoms with Crippen molar-refractivity contribution in [3.05, 3.63) is 27.9 Å². The van der Waals surface area contributed by atoms with Crippen molar-refractivity contribution in [2.75, 3.05) is 6.54 Å². The third-order valence-electron chi connectivity index (χ3n) is 2.87. The van der Waals surface area contributed by atoms with E-state index in [1.165, 1.54) is 0 Å². The fourth-order valence-corrected chi connectivity index (χ4v) is 2.40. The number of hydrogen-bond donors (Lipinski definition) is 0. The monoisotopic (exact) mass is 294 g/mol. The van der Waals surface area contributed by atoms with E-state index in [9.17, 15) is 4.79 Å². The van der Waals surface area contributed by atoms with Crippen LogP contribution in [-0.4, -0.2) is 32.5 Å². The first-order valence-corrected chi connectivity index (χ1v) is 7.50. The van der Waals surface area contributed by atoms with Crippen molar-refractivity contribution in [2.45, 2.75) is 40.2 Å². The Morgan fingerprint density at radius 1 is 1.35 bits per heavy atom. The molecule has 1 amide bonds. The van der Waals surface area contributed by atoms with E-state index >= 15 is 0 Å². The zero-order valence-electron chi connectivity index (χ0n) is 11.9. The summed E-state index contributed by atoms with van der Waals surface area (Å²) in [5, 5.41) is 10.7. The molecule has 0 atom stereocenters. The average molecular weight is 294 g/mol. The molecule has 0 aromatic carbocycles. The molecule has 0 aliphatic rings. The first-order valence-electron chi connectivity index (χ1n) is 6.62. The Kier molecular flexibility index (Phi) is 4.84. The number of nitrogens with zero attached hydrogens (tertiary/aromatic N) is 4. The van der Waals surface area contributed by atoms with Crippen LogP contribution in [0.2, 0.25) is 0 Å². The van der Waals surface area contributed by atoms with Gasteiger partial charge < -0.3 is 9.32 Å². The highest BCUT2D eigenvalue weighted by atomic mass is 32.1. The molecule has 0 radical (unpaired) electrons. The maximum Gasteiger partial charge on any atom is 0.235 e. The zero-order valence-corrected chi connectivity index (χ0v) is 12.7. The van der Waals surface area contributed by atoms with Gasteiger partial charge in [-0.25, -0.2) is 4.98 Å². The Balaban J connectivity index is 1.98. The third-order valence-corrected chi connectivity index (χ3v) is 3.69. The van der Waals surface area contributed by atoms with Gasteiger partial charge >= 0.3 is 0 Å². The first kappa shape index (κ1) is 14.6. The SMILES string of the molecule is CCc1nnc(CN(CC)C(=O)Cc2csc(C)n2)o1. The number of thiazole rings is 1. The van der Waals surface area contributed by atoms with E-state index in [0.717, 1.165) is 10.7 Å².